The molecule has 1 unspecified atom stereocenters. The molecule has 4 aromatic rings. The van der Waals surface area contributed by atoms with Crippen LogP contribution in [0, 0.1) is 0 Å². The molecule has 0 aliphatic heterocycles. The smallest absolute Gasteiger partial charge is 0.262 e. The van der Waals surface area contributed by atoms with E-state index in [0.29, 0.717) is 23.0 Å². The van der Waals surface area contributed by atoms with Gasteiger partial charge in [-0.3, -0.25) is 4.79 Å². The topological polar surface area (TPSA) is 78.9 Å². The molecule has 5 nitrogen and oxygen atoms in total. The highest BCUT2D eigenvalue weighted by molar-refractivity contribution is 6.32. The Morgan fingerprint density at radius 3 is 2.32 bits per heavy atom. The largest absolute Gasteiger partial charge is 0.493 e. The Balaban J connectivity index is 1.52. The minimum absolute atomic E-state index is 0.161. The number of hydrogen-bond donors (Lipinski definition) is 2. The molecule has 4 rings (SSSR count). The number of aromatic nitrogens is 3. The van der Waals surface area contributed by atoms with Crippen LogP contribution in [-0.2, 0) is 6.42 Å². The third kappa shape index (κ3) is 4.67. The van der Waals surface area contributed by atoms with Gasteiger partial charge in [0, 0.05) is 18.2 Å². The van der Waals surface area contributed by atoms with Crippen molar-refractivity contribution in [3.63, 3.8) is 0 Å². The fraction of sp³-hybridized carbons (Fsp3) is 0.160. The second kappa shape index (κ2) is 9.14. The quantitative estimate of drug-likeness (QED) is 0.390. The summed E-state index contributed by atoms with van der Waals surface area (Å²) in [6.45, 7) is 2.09. The first-order valence-electron chi connectivity index (χ1n) is 10.1. The lowest BCUT2D eigenvalue weighted by Gasteiger charge is -2.14. The number of rotatable bonds is 6. The van der Waals surface area contributed by atoms with E-state index >= 15 is 0 Å². The number of hydrogen-bond acceptors (Lipinski definition) is 4. The summed E-state index contributed by atoms with van der Waals surface area (Å²) >= 11 is 6.32. The fourth-order valence-electron chi connectivity index (χ4n) is 3.56. The Morgan fingerprint density at radius 2 is 1.68 bits per heavy atom. The van der Waals surface area contributed by atoms with E-state index in [1.54, 1.807) is 18.3 Å². The first-order chi connectivity index (χ1) is 15.0. The average Bonchev–Trinajstić information content (AvgIpc) is 2.78. The van der Waals surface area contributed by atoms with E-state index in [-0.39, 0.29) is 22.9 Å². The maximum atomic E-state index is 12.5. The summed E-state index contributed by atoms with van der Waals surface area (Å²) in [7, 11) is 0. The SMILES string of the molecule is CC(CCc1nc(O)c(-c2ccccc2)c(=O)[nH]1)c1cnc(Cl)c(-c2ccccc2)c1. The van der Waals surface area contributed by atoms with Crippen molar-refractivity contribution in [2.45, 2.75) is 25.7 Å². The van der Waals surface area contributed by atoms with Gasteiger partial charge in [0.1, 0.15) is 16.5 Å². The minimum Gasteiger partial charge on any atom is -0.493 e. The van der Waals surface area contributed by atoms with Gasteiger partial charge >= 0.3 is 0 Å². The lowest BCUT2D eigenvalue weighted by atomic mass is 9.95. The molecule has 0 spiro atoms. The van der Waals surface area contributed by atoms with E-state index in [9.17, 15) is 9.90 Å². The lowest BCUT2D eigenvalue weighted by Crippen LogP contribution is -2.14. The van der Waals surface area contributed by atoms with Crippen LogP contribution < -0.4 is 5.56 Å². The Kier molecular flexibility index (Phi) is 6.14. The van der Waals surface area contributed by atoms with Crippen LogP contribution in [0.1, 0.15) is 30.7 Å². The fourth-order valence-corrected chi connectivity index (χ4v) is 3.78. The number of halogens is 1. The third-order valence-electron chi connectivity index (χ3n) is 5.34. The van der Waals surface area contributed by atoms with Gasteiger partial charge in [-0.25, -0.2) is 4.98 Å². The number of aromatic amines is 1. The standard InChI is InChI=1S/C25H22ClN3O2/c1-16(19-14-20(23(26)27-15-19)17-8-4-2-5-9-17)12-13-21-28-24(30)22(25(31)29-21)18-10-6-3-7-11-18/h2-11,14-16H,12-13H2,1H3,(H2,28,29,30,31). The molecule has 0 aliphatic rings. The summed E-state index contributed by atoms with van der Waals surface area (Å²) < 4.78 is 0. The number of aromatic hydroxyl groups is 1. The molecule has 2 heterocycles. The number of nitrogens with zero attached hydrogens (tertiary/aromatic N) is 2. The molecule has 156 valence electrons. The summed E-state index contributed by atoms with van der Waals surface area (Å²) in [6, 6.07) is 21.0. The van der Waals surface area contributed by atoms with Gasteiger partial charge in [-0.2, -0.15) is 4.98 Å². The molecule has 1 atom stereocenters. The average molecular weight is 432 g/mol. The van der Waals surface area contributed by atoms with Gasteiger partial charge in [-0.15, -0.1) is 0 Å². The summed E-state index contributed by atoms with van der Waals surface area (Å²) in [5.74, 6) is 0.366. The van der Waals surface area contributed by atoms with Gasteiger partial charge in [0.15, 0.2) is 0 Å². The summed E-state index contributed by atoms with van der Waals surface area (Å²) in [5, 5.41) is 10.8. The summed E-state index contributed by atoms with van der Waals surface area (Å²) in [4.78, 5) is 23.9. The van der Waals surface area contributed by atoms with Crippen molar-refractivity contribution in [1.29, 1.82) is 0 Å². The van der Waals surface area contributed by atoms with Crippen molar-refractivity contribution < 1.29 is 5.11 Å². The van der Waals surface area contributed by atoms with Crippen LogP contribution in [0.3, 0.4) is 0 Å². The highest BCUT2D eigenvalue weighted by Crippen LogP contribution is 2.30. The molecule has 0 amide bonds. The minimum atomic E-state index is -0.346. The van der Waals surface area contributed by atoms with E-state index in [0.717, 1.165) is 23.1 Å². The normalized spacial score (nSPS) is 11.9. The van der Waals surface area contributed by atoms with E-state index < -0.39 is 0 Å². The number of benzene rings is 2. The molecular weight excluding hydrogens is 410 g/mol. The maximum absolute atomic E-state index is 12.5. The molecule has 0 bridgehead atoms. The van der Waals surface area contributed by atoms with Gasteiger partial charge in [0.25, 0.3) is 5.56 Å². The molecule has 0 saturated carbocycles. The van der Waals surface area contributed by atoms with Crippen molar-refractivity contribution in [1.82, 2.24) is 15.0 Å². The van der Waals surface area contributed by atoms with Gasteiger partial charge in [-0.1, -0.05) is 79.2 Å². The van der Waals surface area contributed by atoms with E-state index in [1.165, 1.54) is 0 Å². The molecule has 2 aromatic heterocycles. The molecule has 6 heteroatoms. The van der Waals surface area contributed by atoms with Crippen LogP contribution in [0.2, 0.25) is 5.15 Å². The first kappa shape index (κ1) is 20.8. The maximum Gasteiger partial charge on any atom is 0.262 e. The highest BCUT2D eigenvalue weighted by atomic mass is 35.5. The van der Waals surface area contributed by atoms with E-state index in [1.807, 2.05) is 48.5 Å². The van der Waals surface area contributed by atoms with Crippen LogP contribution in [0.5, 0.6) is 5.88 Å². The van der Waals surface area contributed by atoms with Crippen molar-refractivity contribution in [3.05, 3.63) is 99.8 Å². The summed E-state index contributed by atoms with van der Waals surface area (Å²) in [5.41, 5.74) is 3.43. The molecule has 2 aromatic carbocycles. The van der Waals surface area contributed by atoms with Gasteiger partial charge < -0.3 is 10.1 Å². The Bertz CT molecular complexity index is 1240. The van der Waals surface area contributed by atoms with Gasteiger partial charge in [0.2, 0.25) is 5.88 Å². The van der Waals surface area contributed by atoms with E-state index in [4.69, 9.17) is 11.6 Å². The molecule has 0 saturated heterocycles. The van der Waals surface area contributed by atoms with Gasteiger partial charge in [0.05, 0.1) is 0 Å². The molecule has 0 aliphatic carbocycles. The lowest BCUT2D eigenvalue weighted by molar-refractivity contribution is 0.449. The first-order valence-corrected chi connectivity index (χ1v) is 10.5. The monoisotopic (exact) mass is 431 g/mol. The predicted molar refractivity (Wildman–Crippen MR) is 123 cm³/mol. The number of aryl methyl sites for hydroxylation is 1. The van der Waals surface area contributed by atoms with Crippen molar-refractivity contribution in [2.75, 3.05) is 0 Å². The second-order valence-corrected chi connectivity index (χ2v) is 7.85. The Labute approximate surface area is 185 Å². The van der Waals surface area contributed by atoms with E-state index in [2.05, 4.69) is 27.9 Å². The predicted octanol–water partition coefficient (Wildman–Crippen LogP) is 5.59. The number of nitrogens with one attached hydrogen (secondary N) is 1. The Hall–Kier alpha value is -3.44. The second-order valence-electron chi connectivity index (χ2n) is 7.49. The number of H-pyrrole nitrogens is 1. The van der Waals surface area contributed by atoms with Crippen LogP contribution >= 0.6 is 11.6 Å². The molecular formula is C25H22ClN3O2. The van der Waals surface area contributed by atoms with Crippen molar-refractivity contribution in [2.24, 2.45) is 0 Å². The van der Waals surface area contributed by atoms with Crippen LogP contribution in [0.25, 0.3) is 22.3 Å². The van der Waals surface area contributed by atoms with Crippen LogP contribution in [-0.4, -0.2) is 20.1 Å². The number of pyridine rings is 1. The zero-order valence-electron chi connectivity index (χ0n) is 17.0. The molecule has 0 radical (unpaired) electrons. The highest BCUT2D eigenvalue weighted by Gasteiger charge is 2.15. The van der Waals surface area contributed by atoms with Crippen molar-refractivity contribution in [3.8, 4) is 28.1 Å². The molecule has 31 heavy (non-hydrogen) atoms. The Morgan fingerprint density at radius 1 is 1.03 bits per heavy atom. The molecule has 2 N–H and O–H groups in total. The zero-order valence-corrected chi connectivity index (χ0v) is 17.8. The van der Waals surface area contributed by atoms with Crippen LogP contribution in [0.15, 0.2) is 77.7 Å². The van der Waals surface area contributed by atoms with Crippen LogP contribution in [0.4, 0.5) is 0 Å². The van der Waals surface area contributed by atoms with Gasteiger partial charge in [-0.05, 0) is 35.1 Å². The third-order valence-corrected chi connectivity index (χ3v) is 5.64. The summed E-state index contributed by atoms with van der Waals surface area (Å²) in [6.07, 6.45) is 3.03. The zero-order chi connectivity index (χ0) is 21.8. The molecule has 0 fully saturated rings. The van der Waals surface area contributed by atoms with Crippen molar-refractivity contribution >= 4 is 11.6 Å².